The van der Waals surface area contributed by atoms with Crippen molar-refractivity contribution in [3.63, 3.8) is 0 Å². The smallest absolute Gasteiger partial charge is 0.208 e. The van der Waals surface area contributed by atoms with Gasteiger partial charge < -0.3 is 20.3 Å². The molecule has 8 nitrogen and oxygen atoms in total. The molecule has 0 saturated carbocycles. The van der Waals surface area contributed by atoms with Crippen molar-refractivity contribution in [2.45, 2.75) is 18.9 Å². The number of guanidine groups is 1. The fourth-order valence-electron chi connectivity index (χ4n) is 2.93. The van der Waals surface area contributed by atoms with Crippen LogP contribution in [0.25, 0.3) is 0 Å². The Balaban J connectivity index is 1.77. The van der Waals surface area contributed by atoms with Gasteiger partial charge in [0, 0.05) is 39.3 Å². The van der Waals surface area contributed by atoms with E-state index >= 15 is 0 Å². The van der Waals surface area contributed by atoms with Gasteiger partial charge in [0.2, 0.25) is 10.0 Å². The topological polar surface area (TPSA) is 95.1 Å². The number of anilines is 1. The van der Waals surface area contributed by atoms with E-state index in [0.717, 1.165) is 43.2 Å². The van der Waals surface area contributed by atoms with Gasteiger partial charge in [-0.3, -0.25) is 4.99 Å². The number of aliphatic imine (C=N–C) groups is 1. The molecule has 1 saturated heterocycles. The van der Waals surface area contributed by atoms with E-state index in [1.54, 1.807) is 14.2 Å². The molecule has 2 rings (SSSR count). The second kappa shape index (κ2) is 9.63. The minimum Gasteiger partial charge on any atom is -0.495 e. The first-order valence-corrected chi connectivity index (χ1v) is 10.6. The molecular formula is C17H29N5O3S. The first kappa shape index (κ1) is 20.3. The van der Waals surface area contributed by atoms with E-state index in [1.807, 2.05) is 18.2 Å². The van der Waals surface area contributed by atoms with Crippen molar-refractivity contribution >= 4 is 21.7 Å². The van der Waals surface area contributed by atoms with Crippen molar-refractivity contribution in [2.75, 3.05) is 51.5 Å². The zero-order valence-electron chi connectivity index (χ0n) is 15.7. The highest BCUT2D eigenvalue weighted by Crippen LogP contribution is 2.30. The molecule has 0 amide bonds. The van der Waals surface area contributed by atoms with E-state index in [2.05, 4.69) is 31.3 Å². The highest BCUT2D eigenvalue weighted by atomic mass is 32.2. The van der Waals surface area contributed by atoms with Crippen LogP contribution in [0.1, 0.15) is 12.8 Å². The van der Waals surface area contributed by atoms with Crippen LogP contribution in [0.15, 0.2) is 29.3 Å². The Morgan fingerprint density at radius 2 is 2.12 bits per heavy atom. The van der Waals surface area contributed by atoms with Crippen LogP contribution in [0.2, 0.25) is 0 Å². The van der Waals surface area contributed by atoms with Gasteiger partial charge in [-0.1, -0.05) is 12.1 Å². The molecule has 146 valence electrons. The van der Waals surface area contributed by atoms with Crippen molar-refractivity contribution in [1.82, 2.24) is 15.4 Å². The average Bonchev–Trinajstić information content (AvgIpc) is 3.07. The fraction of sp³-hybridized carbons (Fsp3) is 0.588. The summed E-state index contributed by atoms with van der Waals surface area (Å²) >= 11 is 0. The predicted octanol–water partition coefficient (Wildman–Crippen LogP) is 0.378. The van der Waals surface area contributed by atoms with Gasteiger partial charge in [-0.15, -0.1) is 0 Å². The number of nitrogens with zero attached hydrogens (tertiary/aromatic N) is 2. The standard InChI is InChI=1S/C17H29N5O3S/c1-18-17(19-10-6-11-20-26(3,23)24)21-14-9-12-22(13-14)15-7-4-5-8-16(15)25-2/h4-5,7-8,14,20H,6,9-13H2,1-3H3,(H2,18,19,21). The molecule has 1 aromatic carbocycles. The summed E-state index contributed by atoms with van der Waals surface area (Å²) in [6.07, 6.45) is 2.86. The maximum absolute atomic E-state index is 11.0. The molecule has 0 aromatic heterocycles. The molecule has 1 atom stereocenters. The number of hydrogen-bond donors (Lipinski definition) is 3. The molecular weight excluding hydrogens is 354 g/mol. The van der Waals surface area contributed by atoms with Gasteiger partial charge in [0.1, 0.15) is 5.75 Å². The molecule has 1 heterocycles. The SMILES string of the molecule is CN=C(NCCCNS(C)(=O)=O)NC1CCN(c2ccccc2OC)C1. The van der Waals surface area contributed by atoms with Crippen LogP contribution in [0, 0.1) is 0 Å². The van der Waals surface area contributed by atoms with Crippen LogP contribution in [0.5, 0.6) is 5.75 Å². The second-order valence-electron chi connectivity index (χ2n) is 6.27. The number of sulfonamides is 1. The maximum Gasteiger partial charge on any atom is 0.208 e. The predicted molar refractivity (Wildman–Crippen MR) is 106 cm³/mol. The quantitative estimate of drug-likeness (QED) is 0.341. The van der Waals surface area contributed by atoms with Crippen molar-refractivity contribution < 1.29 is 13.2 Å². The Morgan fingerprint density at radius 1 is 1.35 bits per heavy atom. The van der Waals surface area contributed by atoms with Gasteiger partial charge in [-0.05, 0) is 25.0 Å². The Bertz CT molecular complexity index is 708. The molecule has 0 aliphatic carbocycles. The van der Waals surface area contributed by atoms with E-state index < -0.39 is 10.0 Å². The summed E-state index contributed by atoms with van der Waals surface area (Å²) in [6, 6.07) is 8.33. The first-order valence-electron chi connectivity index (χ1n) is 8.72. The van der Waals surface area contributed by atoms with Crippen LogP contribution >= 0.6 is 0 Å². The van der Waals surface area contributed by atoms with Crippen LogP contribution in [-0.2, 0) is 10.0 Å². The number of rotatable bonds is 8. The zero-order chi connectivity index (χ0) is 19.0. The highest BCUT2D eigenvalue weighted by molar-refractivity contribution is 7.88. The van der Waals surface area contributed by atoms with Gasteiger partial charge in [0.05, 0.1) is 19.1 Å². The Hall–Kier alpha value is -2.00. The van der Waals surface area contributed by atoms with Crippen LogP contribution in [0.3, 0.4) is 0 Å². The summed E-state index contributed by atoms with van der Waals surface area (Å²) < 4.78 is 30.0. The van der Waals surface area contributed by atoms with E-state index in [0.29, 0.717) is 25.6 Å². The molecule has 0 spiro atoms. The lowest BCUT2D eigenvalue weighted by Gasteiger charge is -2.22. The molecule has 1 aromatic rings. The average molecular weight is 384 g/mol. The third-order valence-corrected chi connectivity index (χ3v) is 4.92. The molecule has 1 aliphatic heterocycles. The van der Waals surface area contributed by atoms with Crippen molar-refractivity contribution in [1.29, 1.82) is 0 Å². The Morgan fingerprint density at radius 3 is 2.81 bits per heavy atom. The molecule has 0 bridgehead atoms. The second-order valence-corrected chi connectivity index (χ2v) is 8.10. The number of hydrogen-bond acceptors (Lipinski definition) is 5. The van der Waals surface area contributed by atoms with Gasteiger partial charge in [0.25, 0.3) is 0 Å². The molecule has 26 heavy (non-hydrogen) atoms. The Kier molecular flexibility index (Phi) is 7.52. The van der Waals surface area contributed by atoms with E-state index in [-0.39, 0.29) is 0 Å². The van der Waals surface area contributed by atoms with Crippen molar-refractivity contribution in [3.8, 4) is 5.75 Å². The summed E-state index contributed by atoms with van der Waals surface area (Å²) in [5.74, 6) is 1.62. The number of nitrogens with one attached hydrogen (secondary N) is 3. The number of methoxy groups -OCH3 is 1. The maximum atomic E-state index is 11.0. The monoisotopic (exact) mass is 383 g/mol. The number of para-hydroxylation sites is 2. The third-order valence-electron chi connectivity index (χ3n) is 4.19. The van der Waals surface area contributed by atoms with Gasteiger partial charge in [-0.2, -0.15) is 0 Å². The first-order chi connectivity index (χ1) is 12.4. The van der Waals surface area contributed by atoms with Crippen LogP contribution in [0.4, 0.5) is 5.69 Å². The lowest BCUT2D eigenvalue weighted by Crippen LogP contribution is -2.45. The van der Waals surface area contributed by atoms with E-state index in [4.69, 9.17) is 4.74 Å². The van der Waals surface area contributed by atoms with Crippen molar-refractivity contribution in [2.24, 2.45) is 4.99 Å². The van der Waals surface area contributed by atoms with Crippen LogP contribution < -0.4 is 25.0 Å². The molecule has 1 fully saturated rings. The lowest BCUT2D eigenvalue weighted by molar-refractivity contribution is 0.415. The van der Waals surface area contributed by atoms with Crippen LogP contribution in [-0.4, -0.2) is 67.0 Å². The minimum atomic E-state index is -3.13. The molecule has 9 heteroatoms. The summed E-state index contributed by atoms with van der Waals surface area (Å²) in [6.45, 7) is 2.88. The number of ether oxygens (including phenoxy) is 1. The van der Waals surface area contributed by atoms with E-state index in [1.165, 1.54) is 0 Å². The summed E-state index contributed by atoms with van der Waals surface area (Å²) in [5.41, 5.74) is 1.11. The largest absolute Gasteiger partial charge is 0.495 e. The summed E-state index contributed by atoms with van der Waals surface area (Å²) in [4.78, 5) is 6.55. The third kappa shape index (κ3) is 6.38. The molecule has 1 unspecified atom stereocenters. The van der Waals surface area contributed by atoms with Gasteiger partial charge >= 0.3 is 0 Å². The highest BCUT2D eigenvalue weighted by Gasteiger charge is 2.25. The summed E-state index contributed by atoms with van der Waals surface area (Å²) in [5, 5.41) is 6.65. The molecule has 0 radical (unpaired) electrons. The molecule has 3 N–H and O–H groups in total. The fourth-order valence-corrected chi connectivity index (χ4v) is 3.44. The van der Waals surface area contributed by atoms with Gasteiger partial charge in [-0.25, -0.2) is 13.1 Å². The van der Waals surface area contributed by atoms with E-state index in [9.17, 15) is 8.42 Å². The normalized spacial score (nSPS) is 18.0. The lowest BCUT2D eigenvalue weighted by atomic mass is 10.2. The minimum absolute atomic E-state index is 0.292. The number of benzene rings is 1. The molecule has 1 aliphatic rings. The van der Waals surface area contributed by atoms with Gasteiger partial charge in [0.15, 0.2) is 5.96 Å². The zero-order valence-corrected chi connectivity index (χ0v) is 16.5. The van der Waals surface area contributed by atoms with Crippen molar-refractivity contribution in [3.05, 3.63) is 24.3 Å². The summed E-state index contributed by atoms with van der Waals surface area (Å²) in [7, 11) is 0.296. The Labute approximate surface area is 156 Å².